The van der Waals surface area contributed by atoms with E-state index in [1.807, 2.05) is 0 Å². The fraction of sp³-hybridized carbons (Fsp3) is 0.333. The predicted octanol–water partition coefficient (Wildman–Crippen LogP) is 3.66. The molecule has 0 aliphatic carbocycles. The molecular weight excluding hydrogens is 403 g/mol. The lowest BCUT2D eigenvalue weighted by molar-refractivity contribution is -0.254. The number of carbonyl (C=O) groups excluding carboxylic acids is 2. The number of anilines is 1. The van der Waals surface area contributed by atoms with Gasteiger partial charge in [-0.15, -0.1) is 0 Å². The SMILES string of the molecule is CC(C)(CC(O)(C(=O)Nc1ccc2c(c1)COC2=O)C(F)(F)F)c1ccccc1O. The van der Waals surface area contributed by atoms with Crippen molar-refractivity contribution in [3.8, 4) is 5.75 Å². The maximum Gasteiger partial charge on any atom is 0.426 e. The van der Waals surface area contributed by atoms with E-state index in [1.165, 1.54) is 56.3 Å². The number of phenolic OH excluding ortho intramolecular Hbond substituents is 1. The number of aliphatic hydroxyl groups is 1. The molecule has 0 saturated heterocycles. The summed E-state index contributed by atoms with van der Waals surface area (Å²) in [4.78, 5) is 24.1. The number of benzene rings is 2. The molecule has 2 aromatic carbocycles. The van der Waals surface area contributed by atoms with Crippen LogP contribution in [0.2, 0.25) is 0 Å². The van der Waals surface area contributed by atoms with Crippen LogP contribution in [0.4, 0.5) is 18.9 Å². The van der Waals surface area contributed by atoms with Crippen molar-refractivity contribution >= 4 is 17.6 Å². The molecule has 0 saturated carbocycles. The largest absolute Gasteiger partial charge is 0.508 e. The Morgan fingerprint density at radius 1 is 1.17 bits per heavy atom. The second-order valence-corrected chi connectivity index (χ2v) is 7.84. The Morgan fingerprint density at radius 3 is 2.47 bits per heavy atom. The lowest BCUT2D eigenvalue weighted by Gasteiger charge is -2.36. The highest BCUT2D eigenvalue weighted by atomic mass is 19.4. The van der Waals surface area contributed by atoms with E-state index in [9.17, 15) is 33.0 Å². The van der Waals surface area contributed by atoms with Gasteiger partial charge in [-0.1, -0.05) is 32.0 Å². The molecule has 3 rings (SSSR count). The molecule has 0 radical (unpaired) electrons. The molecule has 30 heavy (non-hydrogen) atoms. The number of fused-ring (bicyclic) bond motifs is 1. The second kappa shape index (κ2) is 7.32. The number of aromatic hydroxyl groups is 1. The first kappa shape index (κ1) is 21.6. The van der Waals surface area contributed by atoms with Crippen LogP contribution in [-0.4, -0.2) is 33.9 Å². The standard InChI is InChI=1S/C21H20F3NO5/c1-19(2,15-5-3-4-6-16(15)26)11-20(29,21(22,23)24)18(28)25-13-7-8-14-12(9-13)10-30-17(14)27/h3-9,26,29H,10-11H2,1-2H3,(H,25,28). The highest BCUT2D eigenvalue weighted by molar-refractivity contribution is 5.99. The first-order chi connectivity index (χ1) is 13.8. The molecule has 1 aliphatic rings. The molecule has 0 spiro atoms. The predicted molar refractivity (Wildman–Crippen MR) is 101 cm³/mol. The molecule has 0 aromatic heterocycles. The molecule has 3 N–H and O–H groups in total. The van der Waals surface area contributed by atoms with Gasteiger partial charge in [0.2, 0.25) is 5.60 Å². The van der Waals surface area contributed by atoms with E-state index in [2.05, 4.69) is 5.32 Å². The highest BCUT2D eigenvalue weighted by Gasteiger charge is 2.61. The molecule has 160 valence electrons. The smallest absolute Gasteiger partial charge is 0.426 e. The van der Waals surface area contributed by atoms with Gasteiger partial charge in [-0.25, -0.2) is 4.79 Å². The summed E-state index contributed by atoms with van der Waals surface area (Å²) < 4.78 is 46.3. The molecule has 1 atom stereocenters. The maximum absolute atomic E-state index is 13.8. The van der Waals surface area contributed by atoms with Gasteiger partial charge >= 0.3 is 12.1 Å². The van der Waals surface area contributed by atoms with Crippen molar-refractivity contribution in [1.29, 1.82) is 0 Å². The summed E-state index contributed by atoms with van der Waals surface area (Å²) in [6, 6.07) is 9.72. The molecule has 1 heterocycles. The zero-order valence-corrected chi connectivity index (χ0v) is 16.2. The van der Waals surface area contributed by atoms with E-state index in [-0.39, 0.29) is 29.2 Å². The van der Waals surface area contributed by atoms with Gasteiger partial charge in [0.1, 0.15) is 12.4 Å². The maximum atomic E-state index is 13.8. The number of nitrogens with one attached hydrogen (secondary N) is 1. The Bertz CT molecular complexity index is 1000. The fourth-order valence-corrected chi connectivity index (χ4v) is 3.54. The third-order valence-electron chi connectivity index (χ3n) is 5.12. The molecule has 2 aromatic rings. The van der Waals surface area contributed by atoms with E-state index in [1.54, 1.807) is 0 Å². The van der Waals surface area contributed by atoms with E-state index in [4.69, 9.17) is 4.74 Å². The van der Waals surface area contributed by atoms with Crippen molar-refractivity contribution in [2.45, 2.75) is 44.1 Å². The van der Waals surface area contributed by atoms with Crippen LogP contribution in [0.1, 0.15) is 41.8 Å². The molecule has 0 fully saturated rings. The average Bonchev–Trinajstić information content (AvgIpc) is 3.01. The number of hydrogen-bond donors (Lipinski definition) is 3. The molecule has 1 amide bonds. The number of halogens is 3. The van der Waals surface area contributed by atoms with Gasteiger partial charge < -0.3 is 20.3 Å². The monoisotopic (exact) mass is 423 g/mol. The van der Waals surface area contributed by atoms with Crippen LogP contribution in [0.3, 0.4) is 0 Å². The third kappa shape index (κ3) is 3.85. The quantitative estimate of drug-likeness (QED) is 0.638. The molecule has 1 aliphatic heterocycles. The number of alkyl halides is 3. The Kier molecular flexibility index (Phi) is 5.28. The van der Waals surface area contributed by atoms with Gasteiger partial charge in [0.05, 0.1) is 5.56 Å². The summed E-state index contributed by atoms with van der Waals surface area (Å²) >= 11 is 0. The second-order valence-electron chi connectivity index (χ2n) is 7.84. The number of carbonyl (C=O) groups is 2. The lowest BCUT2D eigenvalue weighted by Crippen LogP contribution is -2.57. The van der Waals surface area contributed by atoms with Crippen LogP contribution >= 0.6 is 0 Å². The Morgan fingerprint density at radius 2 is 1.83 bits per heavy atom. The van der Waals surface area contributed by atoms with Gasteiger partial charge in [0.25, 0.3) is 5.91 Å². The first-order valence-corrected chi connectivity index (χ1v) is 9.04. The normalized spacial score (nSPS) is 15.9. The van der Waals surface area contributed by atoms with Crippen LogP contribution in [0, 0.1) is 0 Å². The molecule has 9 heteroatoms. The minimum atomic E-state index is -5.28. The number of amides is 1. The van der Waals surface area contributed by atoms with Crippen LogP contribution in [0.15, 0.2) is 42.5 Å². The van der Waals surface area contributed by atoms with Gasteiger partial charge in [-0.2, -0.15) is 13.2 Å². The molecule has 0 bridgehead atoms. The zero-order chi connectivity index (χ0) is 22.3. The van der Waals surface area contributed by atoms with Crippen LogP contribution < -0.4 is 5.32 Å². The Labute approximate surface area is 170 Å². The van der Waals surface area contributed by atoms with E-state index < -0.39 is 35.5 Å². The minimum Gasteiger partial charge on any atom is -0.508 e. The van der Waals surface area contributed by atoms with Crippen molar-refractivity contribution in [1.82, 2.24) is 0 Å². The van der Waals surface area contributed by atoms with Crippen LogP contribution in [0.25, 0.3) is 0 Å². The number of para-hydroxylation sites is 1. The topological polar surface area (TPSA) is 95.9 Å². The summed E-state index contributed by atoms with van der Waals surface area (Å²) in [5.74, 6) is -2.46. The summed E-state index contributed by atoms with van der Waals surface area (Å²) in [6.45, 7) is 2.73. The van der Waals surface area contributed by atoms with Gasteiger partial charge in [-0.05, 0) is 35.2 Å². The van der Waals surface area contributed by atoms with Crippen LogP contribution in [-0.2, 0) is 21.6 Å². The van der Waals surface area contributed by atoms with Crippen molar-refractivity contribution in [3.63, 3.8) is 0 Å². The summed E-state index contributed by atoms with van der Waals surface area (Å²) in [6.07, 6.45) is -6.31. The number of cyclic esters (lactones) is 1. The van der Waals surface area contributed by atoms with Crippen molar-refractivity contribution in [3.05, 3.63) is 59.2 Å². The molecular formula is C21H20F3NO5. The Balaban J connectivity index is 1.91. The minimum absolute atomic E-state index is 0.0138. The number of rotatable bonds is 5. The Hall–Kier alpha value is -3.07. The first-order valence-electron chi connectivity index (χ1n) is 9.04. The van der Waals surface area contributed by atoms with Gasteiger partial charge in [0.15, 0.2) is 0 Å². The van der Waals surface area contributed by atoms with Crippen molar-refractivity contribution in [2.24, 2.45) is 0 Å². The van der Waals surface area contributed by atoms with Gasteiger partial charge in [-0.3, -0.25) is 4.79 Å². The van der Waals surface area contributed by atoms with Crippen molar-refractivity contribution < 1.29 is 37.7 Å². The number of phenols is 1. The third-order valence-corrected chi connectivity index (χ3v) is 5.12. The number of ether oxygens (including phenoxy) is 1. The lowest BCUT2D eigenvalue weighted by atomic mass is 9.74. The highest BCUT2D eigenvalue weighted by Crippen LogP contribution is 2.43. The number of esters is 1. The van der Waals surface area contributed by atoms with E-state index in [0.29, 0.717) is 5.56 Å². The summed E-state index contributed by atoms with van der Waals surface area (Å²) in [5, 5.41) is 22.6. The van der Waals surface area contributed by atoms with Crippen molar-refractivity contribution in [2.75, 3.05) is 5.32 Å². The molecule has 6 nitrogen and oxygen atoms in total. The van der Waals surface area contributed by atoms with E-state index >= 15 is 0 Å². The zero-order valence-electron chi connectivity index (χ0n) is 16.2. The molecule has 1 unspecified atom stereocenters. The number of hydrogen-bond acceptors (Lipinski definition) is 5. The fourth-order valence-electron chi connectivity index (χ4n) is 3.54. The summed E-state index contributed by atoms with van der Waals surface area (Å²) in [7, 11) is 0. The van der Waals surface area contributed by atoms with Crippen LogP contribution in [0.5, 0.6) is 5.75 Å². The van der Waals surface area contributed by atoms with E-state index in [0.717, 1.165) is 0 Å². The van der Waals surface area contributed by atoms with Gasteiger partial charge in [0, 0.05) is 17.7 Å². The summed E-state index contributed by atoms with van der Waals surface area (Å²) in [5.41, 5.74) is -4.30. The average molecular weight is 423 g/mol.